The van der Waals surface area contributed by atoms with Crippen LogP contribution in [0.1, 0.15) is 22.3 Å². The van der Waals surface area contributed by atoms with E-state index in [-0.39, 0.29) is 5.91 Å². The first kappa shape index (κ1) is 19.1. The van der Waals surface area contributed by atoms with Gasteiger partial charge in [0.2, 0.25) is 5.91 Å². The molecule has 0 fully saturated rings. The molecule has 1 amide bonds. The van der Waals surface area contributed by atoms with Crippen LogP contribution >= 0.6 is 0 Å². The van der Waals surface area contributed by atoms with Gasteiger partial charge in [-0.25, -0.2) is 0 Å². The Bertz CT molecular complexity index is 848. The van der Waals surface area contributed by atoms with Crippen molar-refractivity contribution in [3.63, 3.8) is 0 Å². The van der Waals surface area contributed by atoms with Crippen LogP contribution in [0.5, 0.6) is 11.5 Å². The Morgan fingerprint density at radius 3 is 2.37 bits per heavy atom. The van der Waals surface area contributed by atoms with Gasteiger partial charge < -0.3 is 19.3 Å². The number of benzene rings is 2. The van der Waals surface area contributed by atoms with Gasteiger partial charge in [-0.3, -0.25) is 4.79 Å². The second kappa shape index (κ2) is 7.91. The highest BCUT2D eigenvalue weighted by Gasteiger charge is 2.23. The first-order valence-corrected chi connectivity index (χ1v) is 9.23. The van der Waals surface area contributed by atoms with E-state index in [0.29, 0.717) is 18.8 Å². The highest BCUT2D eigenvalue weighted by Crippen LogP contribution is 2.33. The van der Waals surface area contributed by atoms with E-state index in [4.69, 9.17) is 9.47 Å². The highest BCUT2D eigenvalue weighted by atomic mass is 16.5. The quantitative estimate of drug-likeness (QED) is 0.812. The third-order valence-electron chi connectivity index (χ3n) is 5.21. The van der Waals surface area contributed by atoms with Crippen molar-refractivity contribution >= 4 is 11.6 Å². The number of nitrogens with zero attached hydrogens (tertiary/aromatic N) is 2. The summed E-state index contributed by atoms with van der Waals surface area (Å²) in [4.78, 5) is 16.8. The molecule has 0 atom stereocenters. The van der Waals surface area contributed by atoms with E-state index in [1.807, 2.05) is 29.0 Å². The largest absolute Gasteiger partial charge is 0.493 e. The van der Waals surface area contributed by atoms with E-state index >= 15 is 0 Å². The van der Waals surface area contributed by atoms with E-state index in [1.54, 1.807) is 14.2 Å². The summed E-state index contributed by atoms with van der Waals surface area (Å²) in [7, 11) is 5.25. The maximum absolute atomic E-state index is 12.9. The van der Waals surface area contributed by atoms with Gasteiger partial charge in [-0.2, -0.15) is 0 Å². The zero-order valence-corrected chi connectivity index (χ0v) is 16.8. The summed E-state index contributed by atoms with van der Waals surface area (Å²) in [6.07, 6.45) is 0.828. The van der Waals surface area contributed by atoms with Crippen LogP contribution in [0, 0.1) is 13.8 Å². The van der Waals surface area contributed by atoms with Crippen molar-refractivity contribution in [2.45, 2.75) is 26.8 Å². The van der Waals surface area contributed by atoms with Crippen LogP contribution in [0.15, 0.2) is 30.3 Å². The predicted molar refractivity (Wildman–Crippen MR) is 108 cm³/mol. The Hall–Kier alpha value is -2.69. The van der Waals surface area contributed by atoms with Gasteiger partial charge in [0, 0.05) is 25.8 Å². The lowest BCUT2D eigenvalue weighted by molar-refractivity contribution is -0.130. The van der Waals surface area contributed by atoms with Gasteiger partial charge >= 0.3 is 0 Å². The fourth-order valence-electron chi connectivity index (χ4n) is 3.72. The maximum atomic E-state index is 12.9. The van der Waals surface area contributed by atoms with Crippen molar-refractivity contribution in [2.75, 3.05) is 39.3 Å². The van der Waals surface area contributed by atoms with Gasteiger partial charge in [-0.1, -0.05) is 17.7 Å². The Morgan fingerprint density at radius 2 is 1.74 bits per heavy atom. The number of fused-ring (bicyclic) bond motifs is 1. The van der Waals surface area contributed by atoms with Crippen molar-refractivity contribution in [1.82, 2.24) is 4.90 Å². The SMILES string of the molecule is COc1cc2c(cc1OC)CN(C(=O)CN(C)c1ccc(C)cc1C)CC2. The molecule has 1 aliphatic heterocycles. The first-order chi connectivity index (χ1) is 12.9. The number of aryl methyl sites for hydroxylation is 2. The molecule has 2 aromatic carbocycles. The molecule has 0 unspecified atom stereocenters. The molecule has 0 N–H and O–H groups in total. The Balaban J connectivity index is 1.72. The van der Waals surface area contributed by atoms with E-state index < -0.39 is 0 Å². The molecule has 0 spiro atoms. The summed E-state index contributed by atoms with van der Waals surface area (Å²) in [5.74, 6) is 1.58. The summed E-state index contributed by atoms with van der Waals surface area (Å²) in [6, 6.07) is 10.3. The van der Waals surface area contributed by atoms with Gasteiger partial charge in [0.05, 0.1) is 20.8 Å². The number of hydrogen-bond acceptors (Lipinski definition) is 4. The number of amides is 1. The Labute approximate surface area is 161 Å². The summed E-state index contributed by atoms with van der Waals surface area (Å²) < 4.78 is 10.8. The number of anilines is 1. The molecule has 0 aromatic heterocycles. The molecule has 3 rings (SSSR count). The number of methoxy groups -OCH3 is 2. The molecule has 1 heterocycles. The lowest BCUT2D eigenvalue weighted by Gasteiger charge is -2.31. The molecular weight excluding hydrogens is 340 g/mol. The van der Waals surface area contributed by atoms with Crippen LogP contribution in [0.4, 0.5) is 5.69 Å². The minimum absolute atomic E-state index is 0.137. The number of rotatable bonds is 5. The van der Waals surface area contributed by atoms with Crippen LogP contribution in [-0.4, -0.2) is 45.2 Å². The van der Waals surface area contributed by atoms with Gasteiger partial charge in [0.1, 0.15) is 0 Å². The normalized spacial score (nSPS) is 13.1. The lowest BCUT2D eigenvalue weighted by Crippen LogP contribution is -2.41. The molecule has 5 heteroatoms. The number of carbonyl (C=O) groups is 1. The van der Waals surface area contributed by atoms with Crippen molar-refractivity contribution in [1.29, 1.82) is 0 Å². The van der Waals surface area contributed by atoms with Gasteiger partial charge in [0.15, 0.2) is 11.5 Å². The van der Waals surface area contributed by atoms with Crippen molar-refractivity contribution in [3.05, 3.63) is 52.6 Å². The summed E-state index contributed by atoms with van der Waals surface area (Å²) in [5.41, 5.74) is 5.86. The smallest absolute Gasteiger partial charge is 0.242 e. The molecule has 5 nitrogen and oxygen atoms in total. The van der Waals surface area contributed by atoms with Crippen molar-refractivity contribution < 1.29 is 14.3 Å². The monoisotopic (exact) mass is 368 g/mol. The van der Waals surface area contributed by atoms with Gasteiger partial charge in [0.25, 0.3) is 0 Å². The number of carbonyl (C=O) groups excluding carboxylic acids is 1. The molecule has 0 saturated heterocycles. The number of ether oxygens (including phenoxy) is 2. The molecule has 27 heavy (non-hydrogen) atoms. The van der Waals surface area contributed by atoms with Crippen LogP contribution in [0.2, 0.25) is 0 Å². The highest BCUT2D eigenvalue weighted by molar-refractivity contribution is 5.82. The maximum Gasteiger partial charge on any atom is 0.242 e. The fourth-order valence-corrected chi connectivity index (χ4v) is 3.72. The van der Waals surface area contributed by atoms with Crippen molar-refractivity contribution in [3.8, 4) is 11.5 Å². The third kappa shape index (κ3) is 4.02. The molecule has 1 aliphatic rings. The minimum atomic E-state index is 0.137. The Morgan fingerprint density at radius 1 is 1.07 bits per heavy atom. The number of likely N-dealkylation sites (N-methyl/N-ethyl adjacent to an activating group) is 1. The van der Waals surface area contributed by atoms with Crippen LogP contribution < -0.4 is 14.4 Å². The Kier molecular flexibility index (Phi) is 5.59. The van der Waals surface area contributed by atoms with E-state index in [0.717, 1.165) is 30.0 Å². The second-order valence-electron chi connectivity index (χ2n) is 7.19. The van der Waals surface area contributed by atoms with Gasteiger partial charge in [-0.15, -0.1) is 0 Å². The average Bonchev–Trinajstić information content (AvgIpc) is 2.66. The standard InChI is InChI=1S/C22H28N2O3/c1-15-6-7-19(16(2)10-15)23(3)14-22(25)24-9-8-17-11-20(26-4)21(27-5)12-18(17)13-24/h6-7,10-12H,8-9,13-14H2,1-5H3. The molecule has 2 aromatic rings. The zero-order chi connectivity index (χ0) is 19.6. The van der Waals surface area contributed by atoms with Crippen molar-refractivity contribution in [2.24, 2.45) is 0 Å². The van der Waals surface area contributed by atoms with E-state index in [9.17, 15) is 4.79 Å². The second-order valence-corrected chi connectivity index (χ2v) is 7.19. The minimum Gasteiger partial charge on any atom is -0.493 e. The topological polar surface area (TPSA) is 42.0 Å². The zero-order valence-electron chi connectivity index (χ0n) is 16.8. The summed E-state index contributed by atoms with van der Waals surface area (Å²) >= 11 is 0. The number of hydrogen-bond donors (Lipinski definition) is 0. The molecule has 0 aliphatic carbocycles. The first-order valence-electron chi connectivity index (χ1n) is 9.23. The third-order valence-corrected chi connectivity index (χ3v) is 5.21. The van der Waals surface area contributed by atoms with Crippen LogP contribution in [-0.2, 0) is 17.8 Å². The molecule has 0 bridgehead atoms. The average molecular weight is 368 g/mol. The fraction of sp³-hybridized carbons (Fsp3) is 0.409. The van der Waals surface area contributed by atoms with Crippen LogP contribution in [0.3, 0.4) is 0 Å². The van der Waals surface area contributed by atoms with Gasteiger partial charge in [-0.05, 0) is 55.2 Å². The predicted octanol–water partition coefficient (Wildman–Crippen LogP) is 3.34. The molecular formula is C22H28N2O3. The molecule has 0 saturated carbocycles. The summed E-state index contributed by atoms with van der Waals surface area (Å²) in [6.45, 7) is 5.86. The molecule has 0 radical (unpaired) electrons. The van der Waals surface area contributed by atoms with Crippen LogP contribution in [0.25, 0.3) is 0 Å². The van der Waals surface area contributed by atoms with E-state index in [1.165, 1.54) is 16.7 Å². The lowest BCUT2D eigenvalue weighted by atomic mass is 9.98. The van der Waals surface area contributed by atoms with E-state index in [2.05, 4.69) is 32.0 Å². The summed E-state index contributed by atoms with van der Waals surface area (Å²) in [5, 5.41) is 0. The molecule has 144 valence electrons.